The Morgan fingerprint density at radius 3 is 2.86 bits per heavy atom. The Bertz CT molecular complexity index is 797. The second kappa shape index (κ2) is 5.36. The zero-order chi connectivity index (χ0) is 14.8. The van der Waals surface area contributed by atoms with E-state index in [1.54, 1.807) is 22.7 Å². The van der Waals surface area contributed by atoms with Gasteiger partial charge in [-0.05, 0) is 37.3 Å². The van der Waals surface area contributed by atoms with Gasteiger partial charge in [-0.2, -0.15) is 0 Å². The van der Waals surface area contributed by atoms with E-state index in [1.165, 1.54) is 12.1 Å². The van der Waals surface area contributed by atoms with Crippen LogP contribution in [0, 0.1) is 5.82 Å². The lowest BCUT2D eigenvalue weighted by Gasteiger charge is -2.21. The summed E-state index contributed by atoms with van der Waals surface area (Å²) in [5.74, 6) is 0.215. The predicted octanol–water partition coefficient (Wildman–Crippen LogP) is 3.44. The molecule has 0 spiro atoms. The SMILES string of the molecule is CCN(c1cccc(F)c1)c1nc2ccccn2c1C=O. The lowest BCUT2D eigenvalue weighted by atomic mass is 10.2. The Labute approximate surface area is 121 Å². The molecule has 0 bridgehead atoms. The summed E-state index contributed by atoms with van der Waals surface area (Å²) in [5, 5.41) is 0. The van der Waals surface area contributed by atoms with E-state index in [0.717, 1.165) is 6.29 Å². The molecule has 106 valence electrons. The standard InChI is InChI=1S/C16H14FN3O/c1-2-19(13-7-5-6-12(17)10-13)16-14(11-21)20-9-4-3-8-15(20)18-16/h3-11H,2H2,1H3. The molecule has 0 aliphatic heterocycles. The number of halogens is 1. The maximum Gasteiger partial charge on any atom is 0.170 e. The highest BCUT2D eigenvalue weighted by Crippen LogP contribution is 2.28. The number of imidazole rings is 1. The Balaban J connectivity index is 2.19. The number of rotatable bonds is 4. The fourth-order valence-electron chi connectivity index (χ4n) is 2.41. The van der Waals surface area contributed by atoms with Crippen LogP contribution in [0.2, 0.25) is 0 Å². The van der Waals surface area contributed by atoms with Crippen molar-refractivity contribution in [2.24, 2.45) is 0 Å². The third-order valence-electron chi connectivity index (χ3n) is 3.35. The molecule has 0 amide bonds. The van der Waals surface area contributed by atoms with Crippen molar-refractivity contribution in [2.45, 2.75) is 6.92 Å². The number of pyridine rings is 1. The monoisotopic (exact) mass is 283 g/mol. The number of aldehydes is 1. The molecular weight excluding hydrogens is 269 g/mol. The van der Waals surface area contributed by atoms with Gasteiger partial charge in [0.1, 0.15) is 17.2 Å². The number of benzene rings is 1. The summed E-state index contributed by atoms with van der Waals surface area (Å²) in [6.45, 7) is 2.51. The van der Waals surface area contributed by atoms with E-state index in [0.29, 0.717) is 29.4 Å². The first kappa shape index (κ1) is 13.3. The summed E-state index contributed by atoms with van der Waals surface area (Å²) < 4.78 is 15.2. The van der Waals surface area contributed by atoms with Gasteiger partial charge >= 0.3 is 0 Å². The lowest BCUT2D eigenvalue weighted by Crippen LogP contribution is -2.18. The molecule has 4 nitrogen and oxygen atoms in total. The summed E-state index contributed by atoms with van der Waals surface area (Å²) in [6, 6.07) is 11.8. The quantitative estimate of drug-likeness (QED) is 0.688. The highest BCUT2D eigenvalue weighted by atomic mass is 19.1. The molecule has 5 heteroatoms. The van der Waals surface area contributed by atoms with Crippen LogP contribution in [0.15, 0.2) is 48.7 Å². The second-order valence-electron chi connectivity index (χ2n) is 4.59. The van der Waals surface area contributed by atoms with Gasteiger partial charge in [-0.25, -0.2) is 9.37 Å². The van der Waals surface area contributed by atoms with Crippen molar-refractivity contribution in [3.63, 3.8) is 0 Å². The van der Waals surface area contributed by atoms with Gasteiger partial charge in [-0.15, -0.1) is 0 Å². The molecule has 0 N–H and O–H groups in total. The molecule has 3 rings (SSSR count). The van der Waals surface area contributed by atoms with Crippen LogP contribution >= 0.6 is 0 Å². The van der Waals surface area contributed by atoms with Gasteiger partial charge in [0.2, 0.25) is 0 Å². The number of hydrogen-bond donors (Lipinski definition) is 0. The van der Waals surface area contributed by atoms with Crippen LogP contribution in [-0.2, 0) is 0 Å². The van der Waals surface area contributed by atoms with Crippen LogP contribution < -0.4 is 4.90 Å². The maximum atomic E-state index is 13.4. The highest BCUT2D eigenvalue weighted by molar-refractivity contribution is 5.85. The number of aromatic nitrogens is 2. The van der Waals surface area contributed by atoms with E-state index in [-0.39, 0.29) is 5.82 Å². The Kier molecular flexibility index (Phi) is 3.39. The molecule has 0 unspecified atom stereocenters. The van der Waals surface area contributed by atoms with Gasteiger partial charge in [0.05, 0.1) is 0 Å². The number of carbonyl (C=O) groups excluding carboxylic acids is 1. The summed E-state index contributed by atoms with van der Waals surface area (Å²) in [5.41, 5.74) is 1.81. The van der Waals surface area contributed by atoms with Crippen LogP contribution in [0.4, 0.5) is 15.9 Å². The minimum Gasteiger partial charge on any atom is -0.325 e. The lowest BCUT2D eigenvalue weighted by molar-refractivity contribution is 0.111. The van der Waals surface area contributed by atoms with E-state index < -0.39 is 0 Å². The van der Waals surface area contributed by atoms with Gasteiger partial charge in [-0.1, -0.05) is 12.1 Å². The average molecular weight is 283 g/mol. The van der Waals surface area contributed by atoms with E-state index in [1.807, 2.05) is 30.0 Å². The van der Waals surface area contributed by atoms with Crippen molar-refractivity contribution in [2.75, 3.05) is 11.4 Å². The minimum atomic E-state index is -0.317. The van der Waals surface area contributed by atoms with Crippen molar-refractivity contribution >= 4 is 23.4 Å². The molecule has 0 saturated carbocycles. The topological polar surface area (TPSA) is 37.6 Å². The normalized spacial score (nSPS) is 10.8. The van der Waals surface area contributed by atoms with Gasteiger partial charge in [0.25, 0.3) is 0 Å². The maximum absolute atomic E-state index is 13.4. The zero-order valence-electron chi connectivity index (χ0n) is 11.5. The number of nitrogens with zero attached hydrogens (tertiary/aromatic N) is 3. The van der Waals surface area contributed by atoms with Gasteiger partial charge in [0.15, 0.2) is 12.1 Å². The third kappa shape index (κ3) is 2.27. The van der Waals surface area contributed by atoms with Gasteiger partial charge < -0.3 is 4.90 Å². The minimum absolute atomic E-state index is 0.317. The van der Waals surface area contributed by atoms with Crippen LogP contribution in [0.5, 0.6) is 0 Å². The molecule has 2 aromatic heterocycles. The van der Waals surface area contributed by atoms with Crippen LogP contribution in [0.3, 0.4) is 0 Å². The molecule has 1 aromatic carbocycles. The first-order valence-electron chi connectivity index (χ1n) is 6.70. The molecule has 3 aromatic rings. The molecule has 0 aliphatic carbocycles. The van der Waals surface area contributed by atoms with E-state index >= 15 is 0 Å². The van der Waals surface area contributed by atoms with Crippen LogP contribution in [0.25, 0.3) is 5.65 Å². The van der Waals surface area contributed by atoms with Crippen molar-refractivity contribution in [3.05, 3.63) is 60.2 Å². The fourth-order valence-corrected chi connectivity index (χ4v) is 2.41. The number of fused-ring (bicyclic) bond motifs is 1. The molecule has 21 heavy (non-hydrogen) atoms. The fraction of sp³-hybridized carbons (Fsp3) is 0.125. The van der Waals surface area contributed by atoms with Gasteiger partial charge in [-0.3, -0.25) is 9.20 Å². The first-order chi connectivity index (χ1) is 10.2. The number of hydrogen-bond acceptors (Lipinski definition) is 3. The molecule has 0 saturated heterocycles. The summed E-state index contributed by atoms with van der Waals surface area (Å²) in [7, 11) is 0. The Morgan fingerprint density at radius 2 is 2.14 bits per heavy atom. The molecule has 0 aliphatic rings. The number of carbonyl (C=O) groups is 1. The first-order valence-corrected chi connectivity index (χ1v) is 6.70. The number of anilines is 2. The van der Waals surface area contributed by atoms with Crippen LogP contribution in [0.1, 0.15) is 17.4 Å². The molecule has 0 fully saturated rings. The van der Waals surface area contributed by atoms with Crippen molar-refractivity contribution in [1.82, 2.24) is 9.38 Å². The van der Waals surface area contributed by atoms with E-state index in [9.17, 15) is 9.18 Å². The Hall–Kier alpha value is -2.69. The summed E-state index contributed by atoms with van der Waals surface area (Å²) in [4.78, 5) is 17.8. The van der Waals surface area contributed by atoms with E-state index in [4.69, 9.17) is 0 Å². The highest BCUT2D eigenvalue weighted by Gasteiger charge is 2.18. The van der Waals surface area contributed by atoms with Crippen LogP contribution in [-0.4, -0.2) is 22.2 Å². The van der Waals surface area contributed by atoms with Crippen molar-refractivity contribution in [3.8, 4) is 0 Å². The van der Waals surface area contributed by atoms with Crippen molar-refractivity contribution < 1.29 is 9.18 Å². The van der Waals surface area contributed by atoms with Gasteiger partial charge in [0, 0.05) is 18.4 Å². The smallest absolute Gasteiger partial charge is 0.170 e. The summed E-state index contributed by atoms with van der Waals surface area (Å²) in [6.07, 6.45) is 2.56. The molecule has 0 radical (unpaired) electrons. The predicted molar refractivity (Wildman–Crippen MR) is 79.7 cm³/mol. The zero-order valence-corrected chi connectivity index (χ0v) is 11.5. The molecule has 2 heterocycles. The molecule has 0 atom stereocenters. The third-order valence-corrected chi connectivity index (χ3v) is 3.35. The average Bonchev–Trinajstić information content (AvgIpc) is 2.86. The molecular formula is C16H14FN3O. The van der Waals surface area contributed by atoms with E-state index in [2.05, 4.69) is 4.98 Å². The summed E-state index contributed by atoms with van der Waals surface area (Å²) >= 11 is 0. The Morgan fingerprint density at radius 1 is 1.29 bits per heavy atom. The van der Waals surface area contributed by atoms with Crippen molar-refractivity contribution in [1.29, 1.82) is 0 Å². The second-order valence-corrected chi connectivity index (χ2v) is 4.59. The largest absolute Gasteiger partial charge is 0.325 e.